The molecule has 1 spiro atoms. The molecule has 9 nitrogen and oxygen atoms in total. The van der Waals surface area contributed by atoms with Gasteiger partial charge in [-0.25, -0.2) is 0 Å². The van der Waals surface area contributed by atoms with Crippen LogP contribution >= 0.6 is 0 Å². The molecule has 6 N–H and O–H groups in total. The van der Waals surface area contributed by atoms with Gasteiger partial charge in [-0.15, -0.1) is 0 Å². The molecule has 9 rings (SSSR count). The van der Waals surface area contributed by atoms with E-state index in [1.54, 1.807) is 6.07 Å². The van der Waals surface area contributed by atoms with Crippen LogP contribution in [-0.4, -0.2) is 58.1 Å². The van der Waals surface area contributed by atoms with Gasteiger partial charge in [-0.05, 0) is 120 Å². The minimum absolute atomic E-state index is 0.00903. The minimum atomic E-state index is -0.596. The van der Waals surface area contributed by atoms with Crippen LogP contribution in [0.4, 0.5) is 0 Å². The second-order valence-corrected chi connectivity index (χ2v) is 17.8. The highest BCUT2D eigenvalue weighted by atomic mass is 16.5. The highest BCUT2D eigenvalue weighted by molar-refractivity contribution is 5.88. The Hall–Kier alpha value is -4.12. The van der Waals surface area contributed by atoms with Crippen LogP contribution < -0.4 is 15.8 Å². The Bertz CT molecular complexity index is 2180. The number of benzene rings is 3. The first-order valence-corrected chi connectivity index (χ1v) is 21.9. The molecule has 308 valence electrons. The van der Waals surface area contributed by atoms with Crippen LogP contribution in [0.3, 0.4) is 0 Å². The summed E-state index contributed by atoms with van der Waals surface area (Å²) in [5.74, 6) is 1.57. The molecule has 0 radical (unpaired) electrons. The number of phenols is 1. The average Bonchev–Trinajstić information content (AvgIpc) is 3.90. The lowest BCUT2D eigenvalue weighted by molar-refractivity contribution is -0.00873. The van der Waals surface area contributed by atoms with Crippen LogP contribution in [0.15, 0.2) is 78.6 Å². The molecular weight excluding hydrogens is 727 g/mol. The fourth-order valence-electron chi connectivity index (χ4n) is 11.3. The van der Waals surface area contributed by atoms with Crippen molar-refractivity contribution in [2.45, 2.75) is 133 Å². The van der Waals surface area contributed by atoms with E-state index in [4.69, 9.17) is 19.9 Å². The quantitative estimate of drug-likeness (QED) is 0.124. The first kappa shape index (κ1) is 39.3. The molecule has 2 fully saturated rings. The van der Waals surface area contributed by atoms with Crippen molar-refractivity contribution >= 4 is 16.6 Å². The van der Waals surface area contributed by atoms with Gasteiger partial charge in [0.25, 0.3) is 0 Å². The van der Waals surface area contributed by atoms with E-state index in [1.807, 2.05) is 12.1 Å². The number of dihydropyridines is 1. The molecule has 5 atom stereocenters. The lowest BCUT2D eigenvalue weighted by Crippen LogP contribution is -2.51. The van der Waals surface area contributed by atoms with Crippen LogP contribution in [0, 0.1) is 5.92 Å². The fourth-order valence-corrected chi connectivity index (χ4v) is 11.3. The number of hydrogen-bond donors (Lipinski definition) is 5. The molecule has 5 aliphatic rings. The lowest BCUT2D eigenvalue weighted by Gasteiger charge is -2.54. The number of aliphatic hydroxyl groups is 2. The van der Waals surface area contributed by atoms with Crippen LogP contribution in [0.25, 0.3) is 16.6 Å². The van der Waals surface area contributed by atoms with Crippen molar-refractivity contribution in [2.24, 2.45) is 11.7 Å². The number of nitrogens with one attached hydrogen (secondary N) is 1. The number of aryl methyl sites for hydroxylation is 1. The van der Waals surface area contributed by atoms with Gasteiger partial charge >= 0.3 is 0 Å². The zero-order valence-corrected chi connectivity index (χ0v) is 34.1. The SMILES string of the molecule is CCCCC[C@H]1C[C@H](O)CCc2cc(c(O)cc2CO)OCc2cc([C@]34CCOC[C@@H]3CC3(CCCC3)c3ccccc34)cc3cn(cc23)C2=C(C=CC(N)N2)CO1. The summed E-state index contributed by atoms with van der Waals surface area (Å²) in [5.41, 5.74) is 14.3. The molecule has 1 saturated carbocycles. The minimum Gasteiger partial charge on any atom is -0.504 e. The molecule has 3 aliphatic heterocycles. The molecule has 4 aromatic rings. The molecule has 58 heavy (non-hydrogen) atoms. The summed E-state index contributed by atoms with van der Waals surface area (Å²) in [7, 11) is 0. The smallest absolute Gasteiger partial charge is 0.161 e. The number of aromatic hydroxyl groups is 1. The number of rotatable bonds is 6. The van der Waals surface area contributed by atoms with Gasteiger partial charge in [0.05, 0.1) is 38.2 Å². The van der Waals surface area contributed by atoms with E-state index >= 15 is 0 Å². The van der Waals surface area contributed by atoms with Crippen molar-refractivity contribution in [2.75, 3.05) is 19.8 Å². The Morgan fingerprint density at radius 3 is 2.66 bits per heavy atom. The number of unbranched alkanes of at least 4 members (excludes halogenated alkanes) is 2. The van der Waals surface area contributed by atoms with E-state index in [0.717, 1.165) is 78.4 Å². The monoisotopic (exact) mass is 787 g/mol. The maximum atomic E-state index is 11.3. The second kappa shape index (κ2) is 16.5. The molecule has 9 heteroatoms. The second-order valence-electron chi connectivity index (χ2n) is 17.8. The van der Waals surface area contributed by atoms with Gasteiger partial charge in [0.1, 0.15) is 12.4 Å². The summed E-state index contributed by atoms with van der Waals surface area (Å²) in [5, 5.41) is 38.6. The van der Waals surface area contributed by atoms with Gasteiger partial charge in [0.15, 0.2) is 11.5 Å². The number of aromatic nitrogens is 1. The number of ether oxygens (including phenoxy) is 3. The lowest BCUT2D eigenvalue weighted by atomic mass is 9.51. The maximum Gasteiger partial charge on any atom is 0.161 e. The molecule has 1 aromatic heterocycles. The van der Waals surface area contributed by atoms with Gasteiger partial charge < -0.3 is 45.1 Å². The van der Waals surface area contributed by atoms with Crippen molar-refractivity contribution < 1.29 is 29.5 Å². The predicted octanol–water partition coefficient (Wildman–Crippen LogP) is 8.23. The third kappa shape index (κ3) is 7.27. The molecule has 4 bridgehead atoms. The Morgan fingerprint density at radius 2 is 1.83 bits per heavy atom. The highest BCUT2D eigenvalue weighted by Gasteiger charge is 2.55. The predicted molar refractivity (Wildman–Crippen MR) is 228 cm³/mol. The molecule has 0 amide bonds. The molecule has 4 heterocycles. The third-order valence-electron chi connectivity index (χ3n) is 14.3. The van der Waals surface area contributed by atoms with Crippen molar-refractivity contribution in [3.8, 4) is 11.5 Å². The van der Waals surface area contributed by atoms with E-state index in [-0.39, 0.29) is 42.1 Å². The Balaban J connectivity index is 1.20. The van der Waals surface area contributed by atoms with Gasteiger partial charge in [-0.2, -0.15) is 0 Å². The number of phenolic OH excluding ortho intramolecular Hbond substituents is 1. The third-order valence-corrected chi connectivity index (χ3v) is 14.3. The Labute approximate surface area is 342 Å². The van der Waals surface area contributed by atoms with Crippen LogP contribution in [0.5, 0.6) is 11.5 Å². The molecule has 3 aromatic carbocycles. The molecular formula is C49H61N3O6. The van der Waals surface area contributed by atoms with Gasteiger partial charge in [0, 0.05) is 40.8 Å². The topological polar surface area (TPSA) is 131 Å². The normalized spacial score (nSPS) is 27.0. The summed E-state index contributed by atoms with van der Waals surface area (Å²) in [6.07, 6.45) is 20.0. The molecule has 2 aliphatic carbocycles. The zero-order valence-electron chi connectivity index (χ0n) is 34.1. The van der Waals surface area contributed by atoms with Crippen LogP contribution in [0.2, 0.25) is 0 Å². The van der Waals surface area contributed by atoms with E-state index < -0.39 is 6.10 Å². The number of hydrogen-bond acceptors (Lipinski definition) is 8. The number of aliphatic hydroxyl groups excluding tert-OH is 2. The summed E-state index contributed by atoms with van der Waals surface area (Å²) >= 11 is 0. The summed E-state index contributed by atoms with van der Waals surface area (Å²) in [4.78, 5) is 0. The summed E-state index contributed by atoms with van der Waals surface area (Å²) in [6.45, 7) is 4.04. The number of nitrogens with two attached hydrogens (primary N) is 1. The number of nitrogens with zero attached hydrogens (tertiary/aromatic N) is 1. The van der Waals surface area contributed by atoms with Crippen molar-refractivity contribution in [1.29, 1.82) is 0 Å². The van der Waals surface area contributed by atoms with E-state index in [9.17, 15) is 15.3 Å². The maximum absolute atomic E-state index is 11.3. The zero-order chi connectivity index (χ0) is 39.9. The summed E-state index contributed by atoms with van der Waals surface area (Å²) in [6, 6.07) is 17.5. The standard InChI is InChI=1S/C49H61N3O6/c1-2-3-4-9-40-24-39(54)14-12-32-23-45(44(55)22-35(32)28-53)58-30-36-21-37(20-34-26-52(27-41(34)36)47-33(29-57-40)13-15-46(50)51-47)49-18-19-56-31-38(49)25-48(16-7-8-17-48)42-10-5-6-11-43(42)49/h5-6,10-11,13,15,20-23,26-27,38-40,46,51,53-55H,2-4,7-9,12,14,16-19,24-25,28-31,50H2,1H3/t38-,39+,40-,46?,49+/m0/s1. The van der Waals surface area contributed by atoms with Gasteiger partial charge in [0.2, 0.25) is 0 Å². The number of fused-ring (bicyclic) bond motifs is 8. The summed E-state index contributed by atoms with van der Waals surface area (Å²) < 4.78 is 21.8. The van der Waals surface area contributed by atoms with Gasteiger partial charge in [-0.3, -0.25) is 0 Å². The van der Waals surface area contributed by atoms with Crippen LogP contribution in [0.1, 0.15) is 117 Å². The van der Waals surface area contributed by atoms with Crippen molar-refractivity contribution in [1.82, 2.24) is 9.88 Å². The van der Waals surface area contributed by atoms with Crippen LogP contribution in [-0.2, 0) is 39.9 Å². The Morgan fingerprint density at radius 1 is 0.983 bits per heavy atom. The Kier molecular flexibility index (Phi) is 11.2. The van der Waals surface area contributed by atoms with E-state index in [2.05, 4.69) is 71.7 Å². The van der Waals surface area contributed by atoms with Crippen molar-refractivity contribution in [3.63, 3.8) is 0 Å². The van der Waals surface area contributed by atoms with Gasteiger partial charge in [-0.1, -0.05) is 75.4 Å². The molecule has 1 saturated heterocycles. The molecule has 1 unspecified atom stereocenters. The highest BCUT2D eigenvalue weighted by Crippen LogP contribution is 2.60. The van der Waals surface area contributed by atoms with Crippen molar-refractivity contribution in [3.05, 3.63) is 112 Å². The first-order chi connectivity index (χ1) is 28.3. The average molecular weight is 788 g/mol. The fraction of sp³-hybridized carbons (Fsp3) is 0.510. The first-order valence-electron chi connectivity index (χ1n) is 21.9. The largest absolute Gasteiger partial charge is 0.504 e. The van der Waals surface area contributed by atoms with E-state index in [0.29, 0.717) is 49.7 Å². The van der Waals surface area contributed by atoms with E-state index in [1.165, 1.54) is 42.4 Å².